The zero-order chi connectivity index (χ0) is 17.9. The predicted molar refractivity (Wildman–Crippen MR) is 96.3 cm³/mol. The maximum atomic E-state index is 12.5. The molecule has 0 saturated carbocycles. The summed E-state index contributed by atoms with van der Waals surface area (Å²) in [7, 11) is 1.75. The number of anilines is 1. The van der Waals surface area contributed by atoms with E-state index in [-0.39, 0.29) is 5.91 Å². The van der Waals surface area contributed by atoms with Crippen molar-refractivity contribution in [2.24, 2.45) is 0 Å². The fourth-order valence-corrected chi connectivity index (χ4v) is 3.25. The molecule has 1 amide bonds. The number of aromatic nitrogens is 2. The third-order valence-corrected chi connectivity index (χ3v) is 4.73. The monoisotopic (exact) mass is 340 g/mol. The quantitative estimate of drug-likeness (QED) is 0.892. The fourth-order valence-electron chi connectivity index (χ4n) is 3.25. The molecule has 25 heavy (non-hydrogen) atoms. The van der Waals surface area contributed by atoms with E-state index >= 15 is 0 Å². The first-order valence-corrected chi connectivity index (χ1v) is 8.50. The molecule has 0 aliphatic carbocycles. The van der Waals surface area contributed by atoms with E-state index in [4.69, 9.17) is 0 Å². The zero-order valence-electron chi connectivity index (χ0n) is 14.7. The van der Waals surface area contributed by atoms with Crippen molar-refractivity contribution >= 4 is 11.9 Å². The highest BCUT2D eigenvalue weighted by Crippen LogP contribution is 2.25. The summed E-state index contributed by atoms with van der Waals surface area (Å²) in [6.07, 6.45) is 4.33. The molecule has 0 spiro atoms. The van der Waals surface area contributed by atoms with Gasteiger partial charge < -0.3 is 14.9 Å². The Morgan fingerprint density at radius 2 is 2.00 bits per heavy atom. The van der Waals surface area contributed by atoms with Crippen molar-refractivity contribution in [3.8, 4) is 0 Å². The minimum Gasteiger partial charge on any atom is -0.386 e. The summed E-state index contributed by atoms with van der Waals surface area (Å²) in [5, 5.41) is 10.9. The molecule has 0 radical (unpaired) electrons. The number of carbonyl (C=O) groups excluding carboxylic acids is 1. The normalized spacial score (nSPS) is 19.9. The molecule has 132 valence electrons. The number of β-amino-alcohol motifs (C(OH)–C–C–N with tert-alkyl or cyclic N) is 1. The van der Waals surface area contributed by atoms with E-state index in [1.807, 2.05) is 36.1 Å². The van der Waals surface area contributed by atoms with Crippen molar-refractivity contribution in [1.82, 2.24) is 14.9 Å². The molecular weight excluding hydrogens is 316 g/mol. The molecule has 0 unspecified atom stereocenters. The second-order valence-corrected chi connectivity index (χ2v) is 6.80. The Hall–Kier alpha value is -2.47. The fraction of sp³-hybridized carbons (Fsp3) is 0.421. The summed E-state index contributed by atoms with van der Waals surface area (Å²) in [5.74, 6) is 0.629. The summed E-state index contributed by atoms with van der Waals surface area (Å²) < 4.78 is 0. The van der Waals surface area contributed by atoms with E-state index in [2.05, 4.69) is 9.97 Å². The summed E-state index contributed by atoms with van der Waals surface area (Å²) >= 11 is 0. The van der Waals surface area contributed by atoms with E-state index in [1.54, 1.807) is 30.4 Å². The predicted octanol–water partition coefficient (Wildman–Crippen LogP) is 1.43. The first kappa shape index (κ1) is 17.4. The summed E-state index contributed by atoms with van der Waals surface area (Å²) in [6.45, 7) is 3.42. The summed E-state index contributed by atoms with van der Waals surface area (Å²) in [5.41, 5.74) is 1.20. The van der Waals surface area contributed by atoms with Crippen LogP contribution in [0, 0.1) is 6.92 Å². The number of carbonyl (C=O) groups is 1. The van der Waals surface area contributed by atoms with E-state index in [0.717, 1.165) is 11.1 Å². The number of amides is 1. The van der Waals surface area contributed by atoms with Crippen LogP contribution in [-0.2, 0) is 11.2 Å². The number of hydrogen-bond donors (Lipinski definition) is 1. The Kier molecular flexibility index (Phi) is 4.99. The third kappa shape index (κ3) is 4.14. The molecule has 0 bridgehead atoms. The molecule has 1 N–H and O–H groups in total. The highest BCUT2D eigenvalue weighted by Gasteiger charge is 2.38. The number of aliphatic hydroxyl groups is 1. The minimum atomic E-state index is -0.935. The van der Waals surface area contributed by atoms with Gasteiger partial charge in [0.15, 0.2) is 0 Å². The Morgan fingerprint density at radius 1 is 1.28 bits per heavy atom. The van der Waals surface area contributed by atoms with Crippen LogP contribution in [0.2, 0.25) is 0 Å². The molecule has 6 nitrogen and oxygen atoms in total. The average molecular weight is 340 g/mol. The number of hydrogen-bond acceptors (Lipinski definition) is 5. The molecular formula is C19H24N4O2. The highest BCUT2D eigenvalue weighted by atomic mass is 16.3. The van der Waals surface area contributed by atoms with Crippen LogP contribution in [-0.4, -0.2) is 58.2 Å². The number of benzene rings is 1. The number of likely N-dealkylation sites (N-methyl/N-ethyl adjacent to an activating group) is 1. The van der Waals surface area contributed by atoms with Crippen molar-refractivity contribution < 1.29 is 9.90 Å². The molecule has 1 atom stereocenters. The molecule has 1 aliphatic heterocycles. The van der Waals surface area contributed by atoms with Gasteiger partial charge in [-0.2, -0.15) is 0 Å². The number of nitrogens with zero attached hydrogens (tertiary/aromatic N) is 4. The van der Waals surface area contributed by atoms with Gasteiger partial charge in [0.1, 0.15) is 5.60 Å². The standard InChI is InChI=1S/C19H24N4O2/c1-15-6-3-4-7-16(15)12-17(24)22(2)13-19(25)8-11-23(14-19)18-20-9-5-10-21-18/h3-7,9-10,25H,8,11-14H2,1-2H3/t19-/m0/s1. The molecule has 6 heteroatoms. The third-order valence-electron chi connectivity index (χ3n) is 4.73. The van der Waals surface area contributed by atoms with Gasteiger partial charge >= 0.3 is 0 Å². The van der Waals surface area contributed by atoms with Crippen LogP contribution in [0.4, 0.5) is 5.95 Å². The Balaban J connectivity index is 1.59. The molecule has 1 saturated heterocycles. The first-order valence-electron chi connectivity index (χ1n) is 8.50. The first-order chi connectivity index (χ1) is 12.0. The van der Waals surface area contributed by atoms with Gasteiger partial charge in [-0.3, -0.25) is 4.79 Å². The van der Waals surface area contributed by atoms with Gasteiger partial charge in [-0.15, -0.1) is 0 Å². The van der Waals surface area contributed by atoms with Crippen molar-refractivity contribution in [2.75, 3.05) is 31.6 Å². The highest BCUT2D eigenvalue weighted by molar-refractivity contribution is 5.79. The van der Waals surface area contributed by atoms with Gasteiger partial charge in [-0.1, -0.05) is 24.3 Å². The molecule has 3 rings (SSSR count). The van der Waals surface area contributed by atoms with Crippen LogP contribution in [0.1, 0.15) is 17.5 Å². The number of rotatable bonds is 5. The summed E-state index contributed by atoms with van der Waals surface area (Å²) in [4.78, 5) is 24.6. The van der Waals surface area contributed by atoms with Crippen molar-refractivity contribution in [3.05, 3.63) is 53.9 Å². The molecule has 1 aromatic heterocycles. The van der Waals surface area contributed by atoms with E-state index in [9.17, 15) is 9.90 Å². The topological polar surface area (TPSA) is 69.6 Å². The van der Waals surface area contributed by atoms with E-state index in [0.29, 0.717) is 38.4 Å². The van der Waals surface area contributed by atoms with Crippen LogP contribution in [0.15, 0.2) is 42.7 Å². The SMILES string of the molecule is Cc1ccccc1CC(=O)N(C)C[C@@]1(O)CCN(c2ncccn2)C1. The van der Waals surface area contributed by atoms with Crippen LogP contribution in [0.3, 0.4) is 0 Å². The molecule has 1 aliphatic rings. The Bertz CT molecular complexity index is 737. The lowest BCUT2D eigenvalue weighted by atomic mass is 10.0. The second-order valence-electron chi connectivity index (χ2n) is 6.80. The van der Waals surface area contributed by atoms with Crippen LogP contribution >= 0.6 is 0 Å². The Morgan fingerprint density at radius 3 is 2.72 bits per heavy atom. The smallest absolute Gasteiger partial charge is 0.226 e. The van der Waals surface area contributed by atoms with Gasteiger partial charge in [0, 0.05) is 26.0 Å². The molecule has 1 aromatic carbocycles. The van der Waals surface area contributed by atoms with Crippen LogP contribution in [0.25, 0.3) is 0 Å². The van der Waals surface area contributed by atoms with Crippen molar-refractivity contribution in [2.45, 2.75) is 25.4 Å². The molecule has 2 aromatic rings. The van der Waals surface area contributed by atoms with Gasteiger partial charge in [0.05, 0.1) is 19.5 Å². The zero-order valence-corrected chi connectivity index (χ0v) is 14.7. The average Bonchev–Trinajstić information content (AvgIpc) is 2.99. The Labute approximate surface area is 148 Å². The molecule has 2 heterocycles. The maximum absolute atomic E-state index is 12.5. The second kappa shape index (κ2) is 7.19. The molecule has 1 fully saturated rings. The lowest BCUT2D eigenvalue weighted by molar-refractivity contribution is -0.132. The van der Waals surface area contributed by atoms with Gasteiger partial charge in [0.25, 0.3) is 0 Å². The van der Waals surface area contributed by atoms with Crippen molar-refractivity contribution in [1.29, 1.82) is 0 Å². The maximum Gasteiger partial charge on any atom is 0.226 e. The van der Waals surface area contributed by atoms with Crippen molar-refractivity contribution in [3.63, 3.8) is 0 Å². The lowest BCUT2D eigenvalue weighted by Gasteiger charge is -2.29. The summed E-state index contributed by atoms with van der Waals surface area (Å²) in [6, 6.07) is 9.65. The van der Waals surface area contributed by atoms with Gasteiger partial charge in [-0.05, 0) is 30.5 Å². The van der Waals surface area contributed by atoms with E-state index in [1.165, 1.54) is 0 Å². The lowest BCUT2D eigenvalue weighted by Crippen LogP contribution is -2.46. The van der Waals surface area contributed by atoms with E-state index < -0.39 is 5.60 Å². The van der Waals surface area contributed by atoms with Crippen LogP contribution in [0.5, 0.6) is 0 Å². The number of aryl methyl sites for hydroxylation is 1. The minimum absolute atomic E-state index is 0.0112. The largest absolute Gasteiger partial charge is 0.386 e. The van der Waals surface area contributed by atoms with Gasteiger partial charge in [0.2, 0.25) is 11.9 Å². The van der Waals surface area contributed by atoms with Gasteiger partial charge in [-0.25, -0.2) is 9.97 Å². The van der Waals surface area contributed by atoms with Crippen LogP contribution < -0.4 is 4.90 Å².